The second-order valence-corrected chi connectivity index (χ2v) is 13.9. The molecule has 0 radical (unpaired) electrons. The first-order chi connectivity index (χ1) is 29.4. The monoisotopic (exact) mass is 857 g/mol. The second kappa shape index (κ2) is 19.9. The number of nitrogens with zero attached hydrogens (tertiary/aromatic N) is 3. The number of benzene rings is 4. The van der Waals surface area contributed by atoms with Gasteiger partial charge in [0.1, 0.15) is 17.1 Å². The summed E-state index contributed by atoms with van der Waals surface area (Å²) in [5.41, 5.74) is 1.14. The Labute approximate surface area is 349 Å². The summed E-state index contributed by atoms with van der Waals surface area (Å²) in [4.78, 5) is 99.5. The summed E-state index contributed by atoms with van der Waals surface area (Å²) in [5.74, 6) is -8.13. The number of phenols is 1. The summed E-state index contributed by atoms with van der Waals surface area (Å²) in [7, 11) is 0. The number of hydrogen-bond donors (Lipinski definition) is 9. The third-order valence-corrected chi connectivity index (χ3v) is 9.37. The fourth-order valence-corrected chi connectivity index (χ4v) is 6.85. The van der Waals surface area contributed by atoms with Gasteiger partial charge in [-0.25, -0.2) is 9.59 Å². The van der Waals surface area contributed by atoms with Crippen molar-refractivity contribution in [2.24, 2.45) is 0 Å². The third-order valence-electron chi connectivity index (χ3n) is 9.37. The number of aliphatic carboxylic acids is 5. The molecule has 1 heterocycles. The van der Waals surface area contributed by atoms with Gasteiger partial charge in [-0.15, -0.1) is 0 Å². The number of hydrogen-bond acceptors (Lipinski definition) is 13. The van der Waals surface area contributed by atoms with E-state index in [-0.39, 0.29) is 64.7 Å². The summed E-state index contributed by atoms with van der Waals surface area (Å²) >= 11 is 0. The maximum absolute atomic E-state index is 13.2. The van der Waals surface area contributed by atoms with Gasteiger partial charge >= 0.3 is 41.8 Å². The summed E-state index contributed by atoms with van der Waals surface area (Å²) in [5, 5.41) is 73.3. The highest BCUT2D eigenvalue weighted by molar-refractivity contribution is 6.09. The molecule has 1 aliphatic heterocycles. The third kappa shape index (κ3) is 12.1. The lowest BCUT2D eigenvalue weighted by atomic mass is 9.90. The van der Waals surface area contributed by atoms with Crippen LogP contribution in [0.2, 0.25) is 0 Å². The minimum atomic E-state index is -1.40. The maximum Gasteiger partial charge on any atom is 0.336 e. The number of amides is 2. The van der Waals surface area contributed by atoms with E-state index in [9.17, 15) is 74.1 Å². The van der Waals surface area contributed by atoms with E-state index >= 15 is 0 Å². The largest absolute Gasteiger partial charge is 0.508 e. The number of urea groups is 1. The average molecular weight is 858 g/mol. The number of carboxylic acid groups (broad SMARTS) is 6. The minimum absolute atomic E-state index is 0.0656. The number of carbonyl (C=O) groups is 7. The molecule has 9 N–H and O–H groups in total. The molecular formula is C41H39N5O16. The van der Waals surface area contributed by atoms with Crippen LogP contribution in [0, 0.1) is 0 Å². The van der Waals surface area contributed by atoms with Gasteiger partial charge in [0.25, 0.3) is 0 Å². The Hall–Kier alpha value is -7.88. The number of aromatic hydroxyl groups is 1. The number of rotatable bonds is 21. The van der Waals surface area contributed by atoms with Gasteiger partial charge in [-0.1, -0.05) is 18.2 Å². The SMILES string of the molecule is O=C(O)CN(CCN(CC(=O)O)CC(c1ccc(NC(=O)Nc2ccc(-c3c4ccc(=O)cc-4oc4cc(O)ccc34)c(C(=O)O)c2)cc1)N(CC(=O)O)CC(=O)O)CC(=O)O. The molecule has 0 aromatic heterocycles. The molecule has 0 spiro atoms. The Morgan fingerprint density at radius 3 is 1.74 bits per heavy atom. The molecule has 3 aromatic carbocycles. The van der Waals surface area contributed by atoms with Crippen LogP contribution in [0.4, 0.5) is 16.2 Å². The zero-order valence-corrected chi connectivity index (χ0v) is 32.4. The van der Waals surface area contributed by atoms with Gasteiger partial charge in [0.2, 0.25) is 0 Å². The number of fused-ring (bicyclic) bond motifs is 2. The molecule has 0 saturated carbocycles. The van der Waals surface area contributed by atoms with E-state index < -0.39 is 80.6 Å². The molecular weight excluding hydrogens is 818 g/mol. The van der Waals surface area contributed by atoms with Crippen LogP contribution >= 0.6 is 0 Å². The summed E-state index contributed by atoms with van der Waals surface area (Å²) in [6, 6.07) is 16.2. The van der Waals surface area contributed by atoms with Crippen molar-refractivity contribution < 1.29 is 73.7 Å². The van der Waals surface area contributed by atoms with Crippen LogP contribution in [0.25, 0.3) is 33.4 Å². The zero-order chi connectivity index (χ0) is 45.2. The second-order valence-electron chi connectivity index (χ2n) is 13.9. The van der Waals surface area contributed by atoms with E-state index in [1.807, 2.05) is 0 Å². The van der Waals surface area contributed by atoms with Crippen LogP contribution in [0.1, 0.15) is 22.0 Å². The number of carboxylic acids is 6. The van der Waals surface area contributed by atoms with Gasteiger partial charge in [-0.05, 0) is 59.7 Å². The molecule has 324 valence electrons. The van der Waals surface area contributed by atoms with Crippen LogP contribution in [-0.4, -0.2) is 145 Å². The first kappa shape index (κ1) is 45.2. The van der Waals surface area contributed by atoms with Gasteiger partial charge < -0.3 is 50.8 Å². The van der Waals surface area contributed by atoms with Crippen LogP contribution in [-0.2, 0) is 24.0 Å². The van der Waals surface area contributed by atoms with E-state index in [0.29, 0.717) is 22.1 Å². The normalized spacial score (nSPS) is 11.8. The van der Waals surface area contributed by atoms with Gasteiger partial charge in [0.15, 0.2) is 5.43 Å². The Bertz CT molecular complexity index is 2530. The smallest absolute Gasteiger partial charge is 0.336 e. The summed E-state index contributed by atoms with van der Waals surface area (Å²) in [6.45, 7) is -4.33. The number of phenolic OH excluding ortho intramolecular Hbond substituents is 1. The molecule has 0 saturated heterocycles. The Kier molecular flexibility index (Phi) is 14.5. The van der Waals surface area contributed by atoms with E-state index in [2.05, 4.69) is 10.6 Å². The standard InChI is InChI=1S/C41H39N5O16/c47-25-6-9-28-32(14-25)62-33-15-26(48)7-10-29(33)39(28)27-8-5-24(13-30(27)40(59)60)43-41(61)42-23-3-1-22(2-4-23)31(46(20-37(55)56)21-38(57)58)16-44(17-34(49)50)11-12-45(18-35(51)52)19-36(53)54/h1-10,13-15,31,47H,11-12,16-21H2,(H,49,50)(H,51,52)(H,53,54)(H,55,56)(H,57,58)(H,59,60)(H2,42,43,61). The van der Waals surface area contributed by atoms with Crippen molar-refractivity contribution in [2.75, 3.05) is 63.0 Å². The molecule has 62 heavy (non-hydrogen) atoms. The summed E-state index contributed by atoms with van der Waals surface area (Å²) in [6.07, 6.45) is 0. The van der Waals surface area contributed by atoms with E-state index in [1.54, 1.807) is 0 Å². The van der Waals surface area contributed by atoms with Crippen molar-refractivity contribution >= 4 is 64.2 Å². The first-order valence-electron chi connectivity index (χ1n) is 18.4. The quantitative estimate of drug-likeness (QED) is 0.0479. The number of aromatic carboxylic acids is 1. The Morgan fingerprint density at radius 2 is 1.15 bits per heavy atom. The van der Waals surface area contributed by atoms with Gasteiger partial charge in [-0.2, -0.15) is 0 Å². The van der Waals surface area contributed by atoms with Crippen LogP contribution in [0.3, 0.4) is 0 Å². The molecule has 1 aliphatic carbocycles. The first-order valence-corrected chi connectivity index (χ1v) is 18.4. The number of anilines is 2. The predicted molar refractivity (Wildman–Crippen MR) is 218 cm³/mol. The Morgan fingerprint density at radius 1 is 0.597 bits per heavy atom. The van der Waals surface area contributed by atoms with Crippen LogP contribution in [0.15, 0.2) is 88.1 Å². The van der Waals surface area contributed by atoms with Crippen molar-refractivity contribution in [1.82, 2.24) is 14.7 Å². The average Bonchev–Trinajstić information content (AvgIpc) is 3.17. The molecule has 1 unspecified atom stereocenters. The molecule has 2 amide bonds. The lowest BCUT2D eigenvalue weighted by Gasteiger charge is -2.34. The minimum Gasteiger partial charge on any atom is -0.508 e. The molecule has 1 atom stereocenters. The van der Waals surface area contributed by atoms with Crippen molar-refractivity contribution in [3.05, 3.63) is 100 Å². The highest BCUT2D eigenvalue weighted by Crippen LogP contribution is 2.42. The van der Waals surface area contributed by atoms with Crippen LogP contribution < -0.4 is 16.1 Å². The fourth-order valence-electron chi connectivity index (χ4n) is 6.85. The Balaban J connectivity index is 1.40. The highest BCUT2D eigenvalue weighted by Gasteiger charge is 2.29. The molecule has 5 rings (SSSR count). The van der Waals surface area contributed by atoms with Gasteiger partial charge in [0, 0.05) is 65.7 Å². The molecule has 0 fully saturated rings. The van der Waals surface area contributed by atoms with Crippen molar-refractivity contribution in [3.63, 3.8) is 0 Å². The lowest BCUT2D eigenvalue weighted by molar-refractivity contribution is -0.144. The summed E-state index contributed by atoms with van der Waals surface area (Å²) < 4.78 is 5.85. The molecule has 21 heteroatoms. The lowest BCUT2D eigenvalue weighted by Crippen LogP contribution is -2.47. The van der Waals surface area contributed by atoms with Crippen molar-refractivity contribution in [2.45, 2.75) is 6.04 Å². The predicted octanol–water partition coefficient (Wildman–Crippen LogP) is 2.98. The fraction of sp³-hybridized carbons (Fsp3) is 0.220. The zero-order valence-electron chi connectivity index (χ0n) is 32.4. The van der Waals surface area contributed by atoms with E-state index in [0.717, 1.165) is 9.80 Å². The topological polar surface area (TPSA) is 325 Å². The van der Waals surface area contributed by atoms with Crippen molar-refractivity contribution in [1.29, 1.82) is 0 Å². The highest BCUT2D eigenvalue weighted by atomic mass is 16.4. The maximum atomic E-state index is 13.2. The molecule has 3 aromatic rings. The van der Waals surface area contributed by atoms with Crippen molar-refractivity contribution in [3.8, 4) is 28.2 Å². The number of carbonyl (C=O) groups excluding carboxylic acids is 1. The number of nitrogens with one attached hydrogen (secondary N) is 2. The van der Waals surface area contributed by atoms with Gasteiger partial charge in [0.05, 0.1) is 38.3 Å². The van der Waals surface area contributed by atoms with Gasteiger partial charge in [-0.3, -0.25) is 43.5 Å². The van der Waals surface area contributed by atoms with E-state index in [1.165, 1.54) is 83.8 Å². The molecule has 2 aliphatic rings. The molecule has 0 bridgehead atoms. The molecule has 21 nitrogen and oxygen atoms in total. The van der Waals surface area contributed by atoms with E-state index in [4.69, 9.17) is 4.42 Å². The van der Waals surface area contributed by atoms with Crippen LogP contribution in [0.5, 0.6) is 5.75 Å².